The van der Waals surface area contributed by atoms with Gasteiger partial charge in [-0.1, -0.05) is 6.92 Å². The van der Waals surface area contributed by atoms with Crippen LogP contribution in [0.25, 0.3) is 0 Å². The molecule has 0 spiro atoms. The molecule has 0 fully saturated rings. The van der Waals surface area contributed by atoms with E-state index in [0.717, 1.165) is 0 Å². The molecule has 1 aliphatic rings. The fourth-order valence-electron chi connectivity index (χ4n) is 1.55. The van der Waals surface area contributed by atoms with E-state index in [0.29, 0.717) is 12.2 Å². The van der Waals surface area contributed by atoms with Crippen molar-refractivity contribution in [3.63, 3.8) is 0 Å². The molecule has 0 saturated carbocycles. The summed E-state index contributed by atoms with van der Waals surface area (Å²) in [4.78, 5) is 11.5. The number of aliphatic hydroxyl groups is 1. The van der Waals surface area contributed by atoms with Gasteiger partial charge in [-0.3, -0.25) is 4.79 Å². The van der Waals surface area contributed by atoms with Gasteiger partial charge >= 0.3 is 0 Å². The average Bonchev–Trinajstić information content (AvgIpc) is 2.28. The number of hydrogen-bond acceptors (Lipinski definition) is 3. The van der Waals surface area contributed by atoms with E-state index in [1.165, 1.54) is 6.08 Å². The van der Waals surface area contributed by atoms with Crippen LogP contribution in [-0.2, 0) is 9.53 Å². The van der Waals surface area contributed by atoms with Gasteiger partial charge in [0.1, 0.15) is 0 Å². The summed E-state index contributed by atoms with van der Waals surface area (Å²) in [5, 5.41) is 8.78. The lowest BCUT2D eigenvalue weighted by Gasteiger charge is -2.29. The zero-order valence-electron chi connectivity index (χ0n) is 8.33. The molecule has 0 amide bonds. The maximum atomic E-state index is 11.5. The Balaban J connectivity index is 2.74. The van der Waals surface area contributed by atoms with E-state index >= 15 is 0 Å². The van der Waals surface area contributed by atoms with E-state index in [-0.39, 0.29) is 18.3 Å². The van der Waals surface area contributed by atoms with Crippen LogP contribution in [0.4, 0.5) is 0 Å². The predicted octanol–water partition coefficient (Wildman–Crippen LogP) is 1.27. The molecule has 3 heteroatoms. The third-order valence-electron chi connectivity index (χ3n) is 2.70. The van der Waals surface area contributed by atoms with Crippen LogP contribution in [0, 0.1) is 5.92 Å². The lowest BCUT2D eigenvalue weighted by Crippen LogP contribution is -2.40. The van der Waals surface area contributed by atoms with E-state index in [4.69, 9.17) is 9.84 Å². The van der Waals surface area contributed by atoms with Crippen LogP contribution in [0.3, 0.4) is 0 Å². The van der Waals surface area contributed by atoms with Crippen LogP contribution in [0.5, 0.6) is 0 Å². The average molecular weight is 184 g/mol. The van der Waals surface area contributed by atoms with Gasteiger partial charge in [0.2, 0.25) is 5.78 Å². The number of ketones is 1. The highest BCUT2D eigenvalue weighted by Crippen LogP contribution is 2.33. The van der Waals surface area contributed by atoms with E-state index in [9.17, 15) is 4.79 Å². The first kappa shape index (κ1) is 10.3. The SMILES string of the molecule is CC1=CC(=O)[C@@](C)([C@H](C)CCO)O1. The van der Waals surface area contributed by atoms with Crippen molar-refractivity contribution in [3.8, 4) is 0 Å². The highest BCUT2D eigenvalue weighted by atomic mass is 16.5. The summed E-state index contributed by atoms with van der Waals surface area (Å²) in [6.45, 7) is 5.56. The van der Waals surface area contributed by atoms with Gasteiger partial charge in [-0.05, 0) is 20.3 Å². The summed E-state index contributed by atoms with van der Waals surface area (Å²) in [5.41, 5.74) is -0.757. The van der Waals surface area contributed by atoms with Crippen LogP contribution >= 0.6 is 0 Å². The number of ether oxygens (including phenoxy) is 1. The van der Waals surface area contributed by atoms with Crippen molar-refractivity contribution < 1.29 is 14.6 Å². The molecular weight excluding hydrogens is 168 g/mol. The number of allylic oxidation sites excluding steroid dienone is 1. The quantitative estimate of drug-likeness (QED) is 0.718. The Morgan fingerprint density at radius 1 is 1.69 bits per heavy atom. The maximum Gasteiger partial charge on any atom is 0.202 e. The van der Waals surface area contributed by atoms with E-state index in [2.05, 4.69) is 0 Å². The molecule has 1 N–H and O–H groups in total. The summed E-state index contributed by atoms with van der Waals surface area (Å²) in [5.74, 6) is 0.710. The molecule has 74 valence electrons. The largest absolute Gasteiger partial charge is 0.484 e. The first-order valence-corrected chi connectivity index (χ1v) is 4.53. The van der Waals surface area contributed by atoms with Gasteiger partial charge in [-0.25, -0.2) is 0 Å². The van der Waals surface area contributed by atoms with Crippen LogP contribution < -0.4 is 0 Å². The van der Waals surface area contributed by atoms with Crippen molar-refractivity contribution in [3.05, 3.63) is 11.8 Å². The normalized spacial score (nSPS) is 29.8. The van der Waals surface area contributed by atoms with Gasteiger partial charge in [-0.15, -0.1) is 0 Å². The summed E-state index contributed by atoms with van der Waals surface area (Å²) >= 11 is 0. The van der Waals surface area contributed by atoms with Crippen molar-refractivity contribution in [1.29, 1.82) is 0 Å². The van der Waals surface area contributed by atoms with E-state index < -0.39 is 5.60 Å². The predicted molar refractivity (Wildman–Crippen MR) is 49.1 cm³/mol. The Bertz CT molecular complexity index is 245. The van der Waals surface area contributed by atoms with Gasteiger partial charge in [0, 0.05) is 18.6 Å². The molecule has 2 atom stereocenters. The van der Waals surface area contributed by atoms with Crippen LogP contribution in [0.2, 0.25) is 0 Å². The number of carbonyl (C=O) groups excluding carboxylic acids is 1. The Morgan fingerprint density at radius 2 is 2.31 bits per heavy atom. The summed E-state index contributed by atoms with van der Waals surface area (Å²) in [7, 11) is 0. The lowest BCUT2D eigenvalue weighted by atomic mass is 9.85. The first-order chi connectivity index (χ1) is 6.00. The van der Waals surface area contributed by atoms with Crippen molar-refractivity contribution in [2.24, 2.45) is 5.92 Å². The molecule has 3 nitrogen and oxygen atoms in total. The summed E-state index contributed by atoms with van der Waals surface area (Å²) in [6.07, 6.45) is 2.11. The van der Waals surface area contributed by atoms with Gasteiger partial charge < -0.3 is 9.84 Å². The maximum absolute atomic E-state index is 11.5. The van der Waals surface area contributed by atoms with Crippen molar-refractivity contribution in [2.75, 3.05) is 6.61 Å². The highest BCUT2D eigenvalue weighted by Gasteiger charge is 2.43. The Hall–Kier alpha value is -0.830. The van der Waals surface area contributed by atoms with Crippen LogP contribution in [-0.4, -0.2) is 23.1 Å². The second-order valence-corrected chi connectivity index (χ2v) is 3.74. The monoisotopic (exact) mass is 184 g/mol. The Morgan fingerprint density at radius 3 is 2.69 bits per heavy atom. The molecule has 0 bridgehead atoms. The Labute approximate surface area is 78.4 Å². The molecule has 13 heavy (non-hydrogen) atoms. The molecule has 0 unspecified atom stereocenters. The van der Waals surface area contributed by atoms with Crippen molar-refractivity contribution in [1.82, 2.24) is 0 Å². The second kappa shape index (κ2) is 3.50. The molecule has 0 aliphatic carbocycles. The molecular formula is C10H16O3. The van der Waals surface area contributed by atoms with Crippen molar-refractivity contribution in [2.45, 2.75) is 32.8 Å². The second-order valence-electron chi connectivity index (χ2n) is 3.74. The van der Waals surface area contributed by atoms with E-state index in [1.54, 1.807) is 13.8 Å². The number of rotatable bonds is 3. The van der Waals surface area contributed by atoms with E-state index in [1.807, 2.05) is 6.92 Å². The third-order valence-corrected chi connectivity index (χ3v) is 2.70. The number of carbonyl (C=O) groups is 1. The van der Waals surface area contributed by atoms with Gasteiger partial charge in [0.25, 0.3) is 0 Å². The highest BCUT2D eigenvalue weighted by molar-refractivity contribution is 5.99. The molecule has 1 aliphatic heterocycles. The number of aliphatic hydroxyl groups excluding tert-OH is 1. The molecule has 0 aromatic carbocycles. The van der Waals surface area contributed by atoms with Crippen LogP contribution in [0.15, 0.2) is 11.8 Å². The molecule has 0 radical (unpaired) electrons. The minimum absolute atomic E-state index is 0.00551. The topological polar surface area (TPSA) is 46.5 Å². The first-order valence-electron chi connectivity index (χ1n) is 4.53. The smallest absolute Gasteiger partial charge is 0.202 e. The molecule has 0 aromatic rings. The minimum atomic E-state index is -0.757. The number of hydrogen-bond donors (Lipinski definition) is 1. The molecule has 1 rings (SSSR count). The summed E-state index contributed by atoms with van der Waals surface area (Å²) in [6, 6.07) is 0. The fraction of sp³-hybridized carbons (Fsp3) is 0.700. The fourth-order valence-corrected chi connectivity index (χ4v) is 1.55. The van der Waals surface area contributed by atoms with Gasteiger partial charge in [-0.2, -0.15) is 0 Å². The Kier molecular flexibility index (Phi) is 2.76. The van der Waals surface area contributed by atoms with Crippen molar-refractivity contribution >= 4 is 5.78 Å². The van der Waals surface area contributed by atoms with Gasteiger partial charge in [0.05, 0.1) is 5.76 Å². The summed E-state index contributed by atoms with van der Waals surface area (Å²) < 4.78 is 5.48. The third kappa shape index (κ3) is 1.75. The molecule has 0 aromatic heterocycles. The zero-order chi connectivity index (χ0) is 10.1. The molecule has 0 saturated heterocycles. The van der Waals surface area contributed by atoms with Gasteiger partial charge in [0.15, 0.2) is 5.60 Å². The lowest BCUT2D eigenvalue weighted by molar-refractivity contribution is -0.133. The minimum Gasteiger partial charge on any atom is -0.484 e. The zero-order valence-corrected chi connectivity index (χ0v) is 8.33. The molecule has 1 heterocycles. The van der Waals surface area contributed by atoms with Crippen LogP contribution in [0.1, 0.15) is 27.2 Å². The standard InChI is InChI=1S/C10H16O3/c1-7(4-5-11)10(3)9(12)6-8(2)13-10/h6-7,11H,4-5H2,1-3H3/t7-,10-/m1/s1.